The molecule has 1 atom stereocenters. The molecule has 5 rings (SSSR count). The summed E-state index contributed by atoms with van der Waals surface area (Å²) >= 11 is 0. The zero-order valence-corrected chi connectivity index (χ0v) is 21.3. The number of rotatable bonds is 7. The van der Waals surface area contributed by atoms with E-state index >= 15 is 0 Å². The Morgan fingerprint density at radius 2 is 1.76 bits per heavy atom. The number of sulfonamides is 1. The van der Waals surface area contributed by atoms with Crippen molar-refractivity contribution in [2.45, 2.75) is 63.2 Å². The summed E-state index contributed by atoms with van der Waals surface area (Å²) in [5.41, 5.74) is -1.67. The summed E-state index contributed by atoms with van der Waals surface area (Å²) in [7, 11) is -5.53. The predicted molar refractivity (Wildman–Crippen MR) is 137 cm³/mol. The number of nitrogens with one attached hydrogen (secondary N) is 1. The van der Waals surface area contributed by atoms with E-state index in [-0.39, 0.29) is 13.1 Å². The Morgan fingerprint density at radius 1 is 1.00 bits per heavy atom. The summed E-state index contributed by atoms with van der Waals surface area (Å²) < 4.78 is 67.8. The Balaban J connectivity index is 1.63. The molecule has 1 unspecified atom stereocenters. The molecule has 6 nitrogen and oxygen atoms in total. The maximum atomic E-state index is 13.9. The van der Waals surface area contributed by atoms with Gasteiger partial charge in [-0.05, 0) is 41.5 Å². The van der Waals surface area contributed by atoms with Crippen LogP contribution in [0.2, 0.25) is 0 Å². The van der Waals surface area contributed by atoms with Crippen molar-refractivity contribution in [3.63, 3.8) is 0 Å². The molecule has 0 bridgehead atoms. The van der Waals surface area contributed by atoms with Crippen LogP contribution in [0.25, 0.3) is 11.1 Å². The molecule has 1 saturated carbocycles. The fourth-order valence-electron chi connectivity index (χ4n) is 5.74. The van der Waals surface area contributed by atoms with Crippen molar-refractivity contribution < 1.29 is 21.6 Å². The van der Waals surface area contributed by atoms with Gasteiger partial charge in [-0.25, -0.2) is 13.4 Å². The number of alkyl halides is 3. The van der Waals surface area contributed by atoms with Crippen LogP contribution in [0.5, 0.6) is 0 Å². The molecule has 1 fully saturated rings. The maximum absolute atomic E-state index is 13.9. The molecule has 2 aromatic carbocycles. The van der Waals surface area contributed by atoms with Gasteiger partial charge in [0.15, 0.2) is 0 Å². The van der Waals surface area contributed by atoms with Gasteiger partial charge in [-0.3, -0.25) is 0 Å². The van der Waals surface area contributed by atoms with Gasteiger partial charge in [-0.2, -0.15) is 17.5 Å². The van der Waals surface area contributed by atoms with Crippen LogP contribution in [-0.2, 0) is 23.1 Å². The van der Waals surface area contributed by atoms with E-state index in [1.807, 2.05) is 48.5 Å². The first-order valence-electron chi connectivity index (χ1n) is 12.7. The van der Waals surface area contributed by atoms with Gasteiger partial charge in [0.2, 0.25) is 0 Å². The Kier molecular flexibility index (Phi) is 7.31. The first kappa shape index (κ1) is 25.8. The largest absolute Gasteiger partial charge is 0.511 e. The molecule has 1 aliphatic carbocycles. The molecule has 1 N–H and O–H groups in total. The zero-order chi connectivity index (χ0) is 26.0. The summed E-state index contributed by atoms with van der Waals surface area (Å²) in [5.74, 6) is 0.528. The van der Waals surface area contributed by atoms with E-state index in [1.165, 1.54) is 12.8 Å². The van der Waals surface area contributed by atoms with Gasteiger partial charge in [0.1, 0.15) is 0 Å². The van der Waals surface area contributed by atoms with Gasteiger partial charge in [0.25, 0.3) is 0 Å². The number of hydrogen-bond donors (Lipinski definition) is 1. The second-order valence-corrected chi connectivity index (χ2v) is 11.9. The SMILES string of the molecule is O=S(=O)(N1Cc2c(-c3ccccc3)cccc2N(Cc2cnc[nH]2)C(CCC2CCCC2)C1)C(F)(F)F. The molecule has 0 saturated heterocycles. The first-order valence-corrected chi connectivity index (χ1v) is 14.2. The molecule has 3 aromatic rings. The van der Waals surface area contributed by atoms with Crippen molar-refractivity contribution in [1.29, 1.82) is 0 Å². The quantitative estimate of drug-likeness (QED) is 0.400. The third-order valence-electron chi connectivity index (χ3n) is 7.65. The number of benzene rings is 2. The average Bonchev–Trinajstić information content (AvgIpc) is 3.56. The molecule has 198 valence electrons. The van der Waals surface area contributed by atoms with E-state index in [0.29, 0.717) is 28.8 Å². The highest BCUT2D eigenvalue weighted by atomic mass is 32.2. The second kappa shape index (κ2) is 10.5. The lowest BCUT2D eigenvalue weighted by Gasteiger charge is -2.34. The second-order valence-electron chi connectivity index (χ2n) is 10.00. The third kappa shape index (κ3) is 5.40. The molecular formula is C27H31F3N4O2S. The number of imidazole rings is 1. The normalized spacial score (nSPS) is 19.6. The Labute approximate surface area is 215 Å². The van der Waals surface area contributed by atoms with Gasteiger partial charge in [0.05, 0.1) is 18.6 Å². The smallest absolute Gasteiger partial charge is 0.361 e. The van der Waals surface area contributed by atoms with Gasteiger partial charge >= 0.3 is 15.5 Å². The lowest BCUT2D eigenvalue weighted by molar-refractivity contribution is -0.0492. The molecule has 1 aliphatic heterocycles. The van der Waals surface area contributed by atoms with Crippen molar-refractivity contribution in [2.24, 2.45) is 5.92 Å². The molecule has 1 aromatic heterocycles. The number of H-pyrrole nitrogens is 1. The Bertz CT molecular complexity index is 1290. The van der Waals surface area contributed by atoms with Crippen LogP contribution in [0.15, 0.2) is 61.1 Å². The van der Waals surface area contributed by atoms with Gasteiger partial charge in [-0.15, -0.1) is 0 Å². The molecule has 0 amide bonds. The van der Waals surface area contributed by atoms with Gasteiger partial charge < -0.3 is 9.88 Å². The van der Waals surface area contributed by atoms with E-state index in [2.05, 4.69) is 14.9 Å². The predicted octanol–water partition coefficient (Wildman–Crippen LogP) is 6.09. The van der Waals surface area contributed by atoms with E-state index in [4.69, 9.17) is 0 Å². The number of anilines is 1. The number of halogens is 3. The lowest BCUT2D eigenvalue weighted by atomic mass is 9.96. The summed E-state index contributed by atoms with van der Waals surface area (Å²) in [6.07, 6.45) is 9.32. The van der Waals surface area contributed by atoms with Crippen LogP contribution >= 0.6 is 0 Å². The van der Waals surface area contributed by atoms with E-state index in [1.54, 1.807) is 12.5 Å². The topological polar surface area (TPSA) is 69.3 Å². The number of aromatic amines is 1. The minimum Gasteiger partial charge on any atom is -0.361 e. The van der Waals surface area contributed by atoms with Crippen molar-refractivity contribution in [3.05, 3.63) is 72.3 Å². The van der Waals surface area contributed by atoms with Crippen molar-refractivity contribution >= 4 is 15.7 Å². The summed E-state index contributed by atoms with van der Waals surface area (Å²) in [6, 6.07) is 14.6. The fraction of sp³-hybridized carbons (Fsp3) is 0.444. The van der Waals surface area contributed by atoms with Crippen molar-refractivity contribution in [3.8, 4) is 11.1 Å². The van der Waals surface area contributed by atoms with Crippen molar-refractivity contribution in [2.75, 3.05) is 11.4 Å². The maximum Gasteiger partial charge on any atom is 0.511 e. The van der Waals surface area contributed by atoms with Gasteiger partial charge in [-0.1, -0.05) is 68.1 Å². The number of aromatic nitrogens is 2. The third-order valence-corrected chi connectivity index (χ3v) is 9.19. The number of fused-ring (bicyclic) bond motifs is 1. The van der Waals surface area contributed by atoms with Crippen LogP contribution in [0.4, 0.5) is 18.9 Å². The monoisotopic (exact) mass is 532 g/mol. The lowest BCUT2D eigenvalue weighted by Crippen LogP contribution is -2.47. The van der Waals surface area contributed by atoms with Crippen LogP contribution in [0.1, 0.15) is 49.8 Å². The summed E-state index contributed by atoms with van der Waals surface area (Å²) in [4.78, 5) is 9.30. The van der Waals surface area contributed by atoms with Crippen molar-refractivity contribution in [1.82, 2.24) is 14.3 Å². The minimum atomic E-state index is -5.53. The molecular weight excluding hydrogens is 501 g/mol. The number of nitrogens with zero attached hydrogens (tertiary/aromatic N) is 3. The Morgan fingerprint density at radius 3 is 2.43 bits per heavy atom. The summed E-state index contributed by atoms with van der Waals surface area (Å²) in [6.45, 7) is -0.187. The standard InChI is InChI=1S/C27H31F3N4O2S/c28-27(29,30)37(35,36)33-17-23(14-13-20-7-4-5-8-20)34(16-22-15-31-19-32-22)26-12-6-11-24(25(26)18-33)21-9-2-1-3-10-21/h1-3,6,9-12,15,19-20,23H,4-5,7-8,13-14,16-18H2,(H,31,32). The van der Waals surface area contributed by atoms with E-state index < -0.39 is 21.6 Å². The highest BCUT2D eigenvalue weighted by Gasteiger charge is 2.51. The molecule has 2 heterocycles. The molecule has 2 aliphatic rings. The highest BCUT2D eigenvalue weighted by molar-refractivity contribution is 7.89. The molecule has 0 spiro atoms. The first-order chi connectivity index (χ1) is 17.7. The van der Waals surface area contributed by atoms with E-state index in [0.717, 1.165) is 41.8 Å². The van der Waals surface area contributed by atoms with Crippen LogP contribution < -0.4 is 4.90 Å². The zero-order valence-electron chi connectivity index (χ0n) is 20.5. The van der Waals surface area contributed by atoms with Gasteiger partial charge in [0, 0.05) is 31.0 Å². The minimum absolute atomic E-state index is 0.231. The average molecular weight is 533 g/mol. The molecule has 10 heteroatoms. The van der Waals surface area contributed by atoms with Crippen LogP contribution in [-0.4, -0.2) is 40.8 Å². The Hall–Kier alpha value is -2.85. The highest BCUT2D eigenvalue weighted by Crippen LogP contribution is 2.40. The number of hydrogen-bond acceptors (Lipinski definition) is 4. The molecule has 37 heavy (non-hydrogen) atoms. The summed E-state index contributed by atoms with van der Waals surface area (Å²) in [5, 5.41) is 0. The van der Waals surface area contributed by atoms with Crippen LogP contribution in [0.3, 0.4) is 0 Å². The van der Waals surface area contributed by atoms with E-state index in [9.17, 15) is 21.6 Å². The fourth-order valence-corrected chi connectivity index (χ4v) is 6.70. The van der Waals surface area contributed by atoms with Crippen LogP contribution in [0, 0.1) is 5.92 Å². The molecule has 0 radical (unpaired) electrons.